The molecule has 0 N–H and O–H groups in total. The maximum atomic E-state index is 4.02. The van der Waals surface area contributed by atoms with Gasteiger partial charge in [0.25, 0.3) is 0 Å². The van der Waals surface area contributed by atoms with Crippen molar-refractivity contribution in [3.05, 3.63) is 35.7 Å². The van der Waals surface area contributed by atoms with Gasteiger partial charge in [-0.2, -0.15) is 0 Å². The number of rotatable bonds is 3. The van der Waals surface area contributed by atoms with Crippen molar-refractivity contribution in [3.63, 3.8) is 0 Å². The summed E-state index contributed by atoms with van der Waals surface area (Å²) in [5.41, 5.74) is 2.29. The zero-order valence-corrected chi connectivity index (χ0v) is 10.4. The van der Waals surface area contributed by atoms with Crippen molar-refractivity contribution in [2.75, 3.05) is 0 Å². The summed E-state index contributed by atoms with van der Waals surface area (Å²) in [5, 5.41) is 15.8. The molecule has 88 valence electrons. The highest BCUT2D eigenvalue weighted by atomic mass is 15.3. The van der Waals surface area contributed by atoms with Crippen molar-refractivity contribution < 1.29 is 0 Å². The second-order valence-corrected chi connectivity index (χ2v) is 4.57. The standard InChI is InChI=1S/C13H16N4/c1-9(2)8-11-4-6-12(7-5-11)13-16-14-10(3)15-17-13/h4-7,9H,8H2,1-3H3. The minimum atomic E-state index is 0.576. The minimum absolute atomic E-state index is 0.576. The van der Waals surface area contributed by atoms with Crippen LogP contribution in [0, 0.1) is 12.8 Å². The molecule has 0 unspecified atom stereocenters. The summed E-state index contributed by atoms with van der Waals surface area (Å²) in [4.78, 5) is 0. The Hall–Kier alpha value is -1.84. The van der Waals surface area contributed by atoms with Crippen LogP contribution in [0.3, 0.4) is 0 Å². The van der Waals surface area contributed by atoms with E-state index in [0.717, 1.165) is 12.0 Å². The van der Waals surface area contributed by atoms with Gasteiger partial charge in [-0.1, -0.05) is 38.1 Å². The first-order valence-electron chi connectivity index (χ1n) is 5.78. The summed E-state index contributed by atoms with van der Waals surface area (Å²) < 4.78 is 0. The molecule has 1 heterocycles. The molecule has 0 radical (unpaired) electrons. The Balaban J connectivity index is 2.20. The van der Waals surface area contributed by atoms with E-state index in [2.05, 4.69) is 46.4 Å². The Morgan fingerprint density at radius 2 is 1.53 bits per heavy atom. The number of benzene rings is 1. The van der Waals surface area contributed by atoms with E-state index in [1.807, 2.05) is 12.1 Å². The molecule has 17 heavy (non-hydrogen) atoms. The summed E-state index contributed by atoms with van der Waals surface area (Å²) in [7, 11) is 0. The van der Waals surface area contributed by atoms with Gasteiger partial charge < -0.3 is 0 Å². The van der Waals surface area contributed by atoms with Gasteiger partial charge in [-0.3, -0.25) is 0 Å². The Morgan fingerprint density at radius 1 is 0.941 bits per heavy atom. The monoisotopic (exact) mass is 228 g/mol. The van der Waals surface area contributed by atoms with E-state index in [4.69, 9.17) is 0 Å². The summed E-state index contributed by atoms with van der Waals surface area (Å²) >= 11 is 0. The SMILES string of the molecule is Cc1nnc(-c2ccc(CC(C)C)cc2)nn1. The van der Waals surface area contributed by atoms with Crippen LogP contribution in [0.4, 0.5) is 0 Å². The third-order valence-electron chi connectivity index (χ3n) is 2.43. The lowest BCUT2D eigenvalue weighted by Crippen LogP contribution is -1.99. The predicted octanol–water partition coefficient (Wildman–Crippen LogP) is 2.44. The first kappa shape index (κ1) is 11.6. The highest BCUT2D eigenvalue weighted by Gasteiger charge is 2.03. The molecule has 1 aromatic heterocycles. The molecule has 2 aromatic rings. The largest absolute Gasteiger partial charge is 0.203 e. The lowest BCUT2D eigenvalue weighted by atomic mass is 10.0. The molecule has 0 amide bonds. The number of hydrogen-bond donors (Lipinski definition) is 0. The summed E-state index contributed by atoms with van der Waals surface area (Å²) in [6, 6.07) is 8.26. The van der Waals surface area contributed by atoms with Crippen LogP contribution in [-0.2, 0) is 6.42 Å². The summed E-state index contributed by atoms with van der Waals surface area (Å²) in [5.74, 6) is 1.83. The van der Waals surface area contributed by atoms with Crippen LogP contribution in [0.2, 0.25) is 0 Å². The van der Waals surface area contributed by atoms with E-state index in [0.29, 0.717) is 17.6 Å². The third kappa shape index (κ3) is 3.06. The van der Waals surface area contributed by atoms with Gasteiger partial charge in [-0.25, -0.2) is 0 Å². The fraction of sp³-hybridized carbons (Fsp3) is 0.385. The first-order chi connectivity index (χ1) is 8.15. The van der Waals surface area contributed by atoms with E-state index in [1.54, 1.807) is 6.92 Å². The zero-order valence-electron chi connectivity index (χ0n) is 10.4. The average molecular weight is 228 g/mol. The van der Waals surface area contributed by atoms with E-state index in [9.17, 15) is 0 Å². The van der Waals surface area contributed by atoms with Gasteiger partial charge in [-0.05, 0) is 24.8 Å². The fourth-order valence-electron chi connectivity index (χ4n) is 1.66. The molecule has 0 aliphatic carbocycles. The number of aryl methyl sites for hydroxylation is 1. The molecule has 0 aliphatic rings. The van der Waals surface area contributed by atoms with Crippen LogP contribution in [0.25, 0.3) is 11.4 Å². The molecule has 0 atom stereocenters. The highest BCUT2D eigenvalue weighted by molar-refractivity contribution is 5.54. The normalized spacial score (nSPS) is 10.8. The van der Waals surface area contributed by atoms with Crippen molar-refractivity contribution in [2.24, 2.45) is 5.92 Å². The quantitative estimate of drug-likeness (QED) is 0.809. The van der Waals surface area contributed by atoms with Crippen LogP contribution in [-0.4, -0.2) is 20.4 Å². The van der Waals surface area contributed by atoms with Gasteiger partial charge in [-0.15, -0.1) is 20.4 Å². The zero-order chi connectivity index (χ0) is 12.3. The number of nitrogens with zero attached hydrogens (tertiary/aromatic N) is 4. The van der Waals surface area contributed by atoms with Gasteiger partial charge in [0.1, 0.15) is 0 Å². The molecule has 0 spiro atoms. The predicted molar refractivity (Wildman–Crippen MR) is 66.3 cm³/mol. The molecular weight excluding hydrogens is 212 g/mol. The Labute approximate surface area is 101 Å². The molecule has 0 bridgehead atoms. The molecule has 4 heteroatoms. The molecule has 1 aromatic carbocycles. The third-order valence-corrected chi connectivity index (χ3v) is 2.43. The maximum Gasteiger partial charge on any atom is 0.203 e. The van der Waals surface area contributed by atoms with E-state index >= 15 is 0 Å². The van der Waals surface area contributed by atoms with Crippen molar-refractivity contribution in [1.82, 2.24) is 20.4 Å². The molecule has 4 nitrogen and oxygen atoms in total. The van der Waals surface area contributed by atoms with Crippen molar-refractivity contribution in [2.45, 2.75) is 27.2 Å². The lowest BCUT2D eigenvalue weighted by molar-refractivity contribution is 0.647. The van der Waals surface area contributed by atoms with Crippen LogP contribution in [0.5, 0.6) is 0 Å². The Morgan fingerprint density at radius 3 is 2.06 bits per heavy atom. The molecule has 0 saturated carbocycles. The minimum Gasteiger partial charge on any atom is -0.131 e. The lowest BCUT2D eigenvalue weighted by Gasteiger charge is -2.05. The van der Waals surface area contributed by atoms with Crippen molar-refractivity contribution >= 4 is 0 Å². The average Bonchev–Trinajstić information content (AvgIpc) is 2.30. The fourth-order valence-corrected chi connectivity index (χ4v) is 1.66. The van der Waals surface area contributed by atoms with Crippen LogP contribution < -0.4 is 0 Å². The second kappa shape index (κ2) is 4.99. The number of aromatic nitrogens is 4. The number of hydrogen-bond acceptors (Lipinski definition) is 4. The highest BCUT2D eigenvalue weighted by Crippen LogP contribution is 2.15. The van der Waals surface area contributed by atoms with Gasteiger partial charge in [0.15, 0.2) is 5.82 Å². The van der Waals surface area contributed by atoms with Crippen LogP contribution >= 0.6 is 0 Å². The summed E-state index contributed by atoms with van der Waals surface area (Å²) in [6.07, 6.45) is 1.09. The molecule has 0 fully saturated rings. The topological polar surface area (TPSA) is 51.6 Å². The van der Waals surface area contributed by atoms with Crippen molar-refractivity contribution in [1.29, 1.82) is 0 Å². The Kier molecular flexibility index (Phi) is 3.42. The molecule has 0 saturated heterocycles. The van der Waals surface area contributed by atoms with Crippen LogP contribution in [0.1, 0.15) is 25.2 Å². The van der Waals surface area contributed by atoms with Gasteiger partial charge in [0.05, 0.1) is 0 Å². The molecule has 2 rings (SSSR count). The smallest absolute Gasteiger partial charge is 0.131 e. The molecular formula is C13H16N4. The second-order valence-electron chi connectivity index (χ2n) is 4.57. The van der Waals surface area contributed by atoms with Crippen molar-refractivity contribution in [3.8, 4) is 11.4 Å². The van der Waals surface area contributed by atoms with E-state index < -0.39 is 0 Å². The maximum absolute atomic E-state index is 4.02. The molecule has 0 aliphatic heterocycles. The van der Waals surface area contributed by atoms with Crippen LogP contribution in [0.15, 0.2) is 24.3 Å². The van der Waals surface area contributed by atoms with E-state index in [1.165, 1.54) is 5.56 Å². The summed E-state index contributed by atoms with van der Waals surface area (Å²) in [6.45, 7) is 6.20. The first-order valence-corrected chi connectivity index (χ1v) is 5.78. The Bertz CT molecular complexity index is 474. The van der Waals surface area contributed by atoms with Gasteiger partial charge in [0, 0.05) is 5.56 Å². The van der Waals surface area contributed by atoms with Gasteiger partial charge in [0.2, 0.25) is 5.82 Å². The van der Waals surface area contributed by atoms with E-state index in [-0.39, 0.29) is 0 Å². The van der Waals surface area contributed by atoms with Gasteiger partial charge >= 0.3 is 0 Å².